The van der Waals surface area contributed by atoms with Crippen molar-refractivity contribution in [1.82, 2.24) is 14.8 Å². The molecule has 140 valence electrons. The van der Waals surface area contributed by atoms with Crippen LogP contribution in [-0.4, -0.2) is 19.0 Å². The van der Waals surface area contributed by atoms with Crippen LogP contribution in [0.3, 0.4) is 0 Å². The number of anilines is 1. The van der Waals surface area contributed by atoms with E-state index in [-0.39, 0.29) is 5.41 Å². The molecule has 6 nitrogen and oxygen atoms in total. The molecule has 0 aliphatic carbocycles. The number of benzene rings is 1. The van der Waals surface area contributed by atoms with Crippen LogP contribution < -0.4 is 9.01 Å². The summed E-state index contributed by atoms with van der Waals surface area (Å²) in [5.74, 6) is 0.340. The lowest BCUT2D eigenvalue weighted by Gasteiger charge is -2.18. The maximum atomic E-state index is 12.8. The molecule has 3 rings (SSSR count). The molecule has 0 amide bonds. The SMILES string of the molecule is CC(C)(C)CCn1ncc(NS(=O)c2c[nH]c3cc(Cl)ccc23)c1OCl. The number of aryl methyl sites for hydroxylation is 1. The molecule has 2 N–H and O–H groups in total. The van der Waals surface area contributed by atoms with Gasteiger partial charge >= 0.3 is 0 Å². The molecule has 0 radical (unpaired) electrons. The Morgan fingerprint density at radius 1 is 1.38 bits per heavy atom. The first kappa shape index (κ1) is 19.1. The molecule has 0 aliphatic heterocycles. The third kappa shape index (κ3) is 4.16. The summed E-state index contributed by atoms with van der Waals surface area (Å²) >= 11 is 11.6. The highest BCUT2D eigenvalue weighted by Gasteiger charge is 2.19. The van der Waals surface area contributed by atoms with Gasteiger partial charge in [-0.3, -0.25) is 4.72 Å². The van der Waals surface area contributed by atoms with E-state index in [0.29, 0.717) is 28.0 Å². The topological polar surface area (TPSA) is 71.9 Å². The van der Waals surface area contributed by atoms with Gasteiger partial charge in [-0.05, 0) is 24.0 Å². The summed E-state index contributed by atoms with van der Waals surface area (Å²) in [7, 11) is -1.52. The summed E-state index contributed by atoms with van der Waals surface area (Å²) in [5, 5.41) is 5.72. The highest BCUT2D eigenvalue weighted by molar-refractivity contribution is 7.86. The molecule has 0 saturated heterocycles. The van der Waals surface area contributed by atoms with Gasteiger partial charge in [0.2, 0.25) is 0 Å². The second kappa shape index (κ2) is 7.50. The van der Waals surface area contributed by atoms with Crippen molar-refractivity contribution in [3.63, 3.8) is 0 Å². The van der Waals surface area contributed by atoms with Gasteiger partial charge in [0.15, 0.2) is 11.0 Å². The summed E-state index contributed by atoms with van der Waals surface area (Å²) in [6.07, 6.45) is 4.15. The third-order valence-electron chi connectivity index (χ3n) is 3.95. The molecule has 0 fully saturated rings. The van der Waals surface area contributed by atoms with Gasteiger partial charge in [-0.15, -0.1) is 0 Å². The zero-order chi connectivity index (χ0) is 18.9. The molecule has 1 unspecified atom stereocenters. The van der Waals surface area contributed by atoms with Crippen LogP contribution in [0.25, 0.3) is 10.9 Å². The van der Waals surface area contributed by atoms with Crippen LogP contribution in [0.15, 0.2) is 35.5 Å². The van der Waals surface area contributed by atoms with Crippen LogP contribution in [0.4, 0.5) is 5.69 Å². The van der Waals surface area contributed by atoms with Gasteiger partial charge in [0.25, 0.3) is 5.88 Å². The average molecular weight is 415 g/mol. The van der Waals surface area contributed by atoms with Crippen LogP contribution in [-0.2, 0) is 17.5 Å². The molecule has 26 heavy (non-hydrogen) atoms. The van der Waals surface area contributed by atoms with E-state index in [9.17, 15) is 4.21 Å². The summed E-state index contributed by atoms with van der Waals surface area (Å²) in [4.78, 5) is 3.68. The number of aromatic nitrogens is 3. The first-order chi connectivity index (χ1) is 12.3. The Hall–Kier alpha value is -1.70. The van der Waals surface area contributed by atoms with Crippen molar-refractivity contribution in [3.05, 3.63) is 35.6 Å². The Bertz CT molecular complexity index is 946. The Kier molecular flexibility index (Phi) is 5.50. The quantitative estimate of drug-likeness (QED) is 0.587. The van der Waals surface area contributed by atoms with Crippen molar-refractivity contribution in [3.8, 4) is 5.88 Å². The molecule has 0 spiro atoms. The number of fused-ring (bicyclic) bond motifs is 1. The molecule has 1 aromatic carbocycles. The molecule has 3 aromatic rings. The minimum Gasteiger partial charge on any atom is -0.363 e. The van der Waals surface area contributed by atoms with E-state index in [1.54, 1.807) is 29.2 Å². The molecular formula is C17H20Cl2N4O2S. The predicted octanol–water partition coefficient (Wildman–Crippen LogP) is 5.12. The van der Waals surface area contributed by atoms with E-state index in [4.69, 9.17) is 27.8 Å². The number of nitrogens with zero attached hydrogens (tertiary/aromatic N) is 2. The van der Waals surface area contributed by atoms with E-state index >= 15 is 0 Å². The first-order valence-corrected chi connectivity index (χ1v) is 9.91. The first-order valence-electron chi connectivity index (χ1n) is 8.08. The van der Waals surface area contributed by atoms with Gasteiger partial charge in [0.1, 0.15) is 17.6 Å². The van der Waals surface area contributed by atoms with Gasteiger partial charge in [0, 0.05) is 28.7 Å². The Balaban J connectivity index is 1.81. The third-order valence-corrected chi connectivity index (χ3v) is 5.47. The average Bonchev–Trinajstić information content (AvgIpc) is 3.15. The Morgan fingerprint density at radius 2 is 2.15 bits per heavy atom. The smallest absolute Gasteiger partial charge is 0.259 e. The molecule has 2 heterocycles. The summed E-state index contributed by atoms with van der Waals surface area (Å²) < 4.78 is 22.3. The van der Waals surface area contributed by atoms with E-state index in [2.05, 4.69) is 35.6 Å². The van der Waals surface area contributed by atoms with Crippen LogP contribution in [0.5, 0.6) is 5.88 Å². The zero-order valence-corrected chi connectivity index (χ0v) is 17.0. The van der Waals surface area contributed by atoms with E-state index in [1.807, 2.05) is 6.07 Å². The Morgan fingerprint density at radius 3 is 2.85 bits per heavy atom. The van der Waals surface area contributed by atoms with Gasteiger partial charge in [-0.1, -0.05) is 38.4 Å². The highest BCUT2D eigenvalue weighted by atomic mass is 35.5. The summed E-state index contributed by atoms with van der Waals surface area (Å²) in [5.41, 5.74) is 1.44. The second-order valence-electron chi connectivity index (χ2n) is 7.19. The van der Waals surface area contributed by atoms with Crippen LogP contribution >= 0.6 is 23.5 Å². The van der Waals surface area contributed by atoms with Crippen molar-refractivity contribution < 1.29 is 8.50 Å². The van der Waals surface area contributed by atoms with E-state index in [1.165, 1.54) is 0 Å². The van der Waals surface area contributed by atoms with Crippen molar-refractivity contribution in [1.29, 1.82) is 0 Å². The Labute approximate surface area is 164 Å². The second-order valence-corrected chi connectivity index (χ2v) is 8.96. The minimum atomic E-state index is -1.52. The lowest BCUT2D eigenvalue weighted by molar-refractivity contribution is 0.331. The number of hydrogen-bond donors (Lipinski definition) is 2. The van der Waals surface area contributed by atoms with Gasteiger partial charge in [-0.2, -0.15) is 5.10 Å². The number of nitrogens with one attached hydrogen (secondary N) is 2. The van der Waals surface area contributed by atoms with Crippen molar-refractivity contribution in [2.24, 2.45) is 5.41 Å². The van der Waals surface area contributed by atoms with E-state index < -0.39 is 11.0 Å². The van der Waals surface area contributed by atoms with Gasteiger partial charge in [-0.25, -0.2) is 8.89 Å². The molecular weight excluding hydrogens is 395 g/mol. The van der Waals surface area contributed by atoms with Gasteiger partial charge in [0.05, 0.1) is 11.1 Å². The normalized spacial score (nSPS) is 13.1. The van der Waals surface area contributed by atoms with Crippen LogP contribution in [0, 0.1) is 5.41 Å². The van der Waals surface area contributed by atoms with Crippen molar-refractivity contribution in [2.45, 2.75) is 38.6 Å². The van der Waals surface area contributed by atoms with Crippen molar-refractivity contribution in [2.75, 3.05) is 4.72 Å². The number of H-pyrrole nitrogens is 1. The number of halogens is 2. The molecule has 9 heteroatoms. The summed E-state index contributed by atoms with van der Waals surface area (Å²) in [6.45, 7) is 7.09. The fourth-order valence-corrected chi connectivity index (χ4v) is 3.83. The lowest BCUT2D eigenvalue weighted by atomic mass is 9.92. The maximum absolute atomic E-state index is 12.8. The molecule has 0 bridgehead atoms. The highest BCUT2D eigenvalue weighted by Crippen LogP contribution is 2.30. The standard InChI is InChI=1S/C17H20Cl2N4O2S/c1-17(2,3)6-7-23-16(25-19)14(9-21-23)22-26(24)15-10-20-13-8-11(18)4-5-12(13)15/h4-5,8-10,20,22H,6-7H2,1-3H3. The number of aromatic amines is 1. The maximum Gasteiger partial charge on any atom is 0.259 e. The van der Waals surface area contributed by atoms with Crippen molar-refractivity contribution >= 4 is 51.0 Å². The fourth-order valence-electron chi connectivity index (χ4n) is 2.51. The molecule has 1 atom stereocenters. The molecule has 2 aromatic heterocycles. The van der Waals surface area contributed by atoms with Crippen LogP contribution in [0.1, 0.15) is 27.2 Å². The lowest BCUT2D eigenvalue weighted by Crippen LogP contribution is -2.12. The van der Waals surface area contributed by atoms with Gasteiger partial charge < -0.3 is 9.27 Å². The monoisotopic (exact) mass is 414 g/mol. The zero-order valence-electron chi connectivity index (χ0n) is 14.7. The number of hydrogen-bond acceptors (Lipinski definition) is 3. The van der Waals surface area contributed by atoms with E-state index in [0.717, 1.165) is 17.3 Å². The number of rotatable bonds is 6. The molecule has 0 saturated carbocycles. The fraction of sp³-hybridized carbons (Fsp3) is 0.353. The minimum absolute atomic E-state index is 0.150. The largest absolute Gasteiger partial charge is 0.363 e. The molecule has 0 aliphatic rings. The summed E-state index contributed by atoms with van der Waals surface area (Å²) in [6, 6.07) is 5.38. The van der Waals surface area contributed by atoms with Crippen LogP contribution in [0.2, 0.25) is 5.02 Å². The predicted molar refractivity (Wildman–Crippen MR) is 106 cm³/mol.